The van der Waals surface area contributed by atoms with Crippen LogP contribution in [-0.2, 0) is 6.54 Å². The summed E-state index contributed by atoms with van der Waals surface area (Å²) < 4.78 is 5.52. The molecule has 0 saturated carbocycles. The molecule has 1 heterocycles. The third kappa shape index (κ3) is 4.49. The van der Waals surface area contributed by atoms with Gasteiger partial charge in [0, 0.05) is 24.0 Å². The van der Waals surface area contributed by atoms with Crippen LogP contribution in [0.15, 0.2) is 53.6 Å². The molecule has 0 bridgehead atoms. The van der Waals surface area contributed by atoms with Gasteiger partial charge in [-0.15, -0.1) is 0 Å². The van der Waals surface area contributed by atoms with Gasteiger partial charge in [-0.1, -0.05) is 18.2 Å². The summed E-state index contributed by atoms with van der Waals surface area (Å²) in [4.78, 5) is 13.7. The van der Waals surface area contributed by atoms with Crippen LogP contribution in [0.1, 0.15) is 41.3 Å². The molecular weight excluding hydrogens is 326 g/mol. The summed E-state index contributed by atoms with van der Waals surface area (Å²) in [5, 5.41) is 4.27. The van der Waals surface area contributed by atoms with E-state index in [0.29, 0.717) is 5.56 Å². The molecule has 2 aromatic carbocycles. The van der Waals surface area contributed by atoms with E-state index < -0.39 is 0 Å². The number of hydrogen-bond donors (Lipinski definition) is 2. The molecule has 0 radical (unpaired) electrons. The van der Waals surface area contributed by atoms with Gasteiger partial charge in [0.05, 0.1) is 25.9 Å². The minimum absolute atomic E-state index is 0.208. The lowest BCUT2D eigenvalue weighted by atomic mass is 10.1. The zero-order valence-electron chi connectivity index (χ0n) is 15.4. The lowest BCUT2D eigenvalue weighted by Gasteiger charge is -2.15. The Morgan fingerprint density at radius 1 is 1.12 bits per heavy atom. The fourth-order valence-electron chi connectivity index (χ4n) is 3.32. The summed E-state index contributed by atoms with van der Waals surface area (Å²) in [6.45, 7) is 5.29. The Bertz CT molecular complexity index is 781. The van der Waals surface area contributed by atoms with E-state index >= 15 is 0 Å². The highest BCUT2D eigenvalue weighted by Gasteiger charge is 2.18. The molecule has 5 heteroatoms. The number of carbonyl (C=O) groups excluding carboxylic acids is 1. The average Bonchev–Trinajstić information content (AvgIpc) is 3.19. The van der Waals surface area contributed by atoms with Crippen molar-refractivity contribution < 1.29 is 14.4 Å². The summed E-state index contributed by atoms with van der Waals surface area (Å²) in [7, 11) is 1.71. The van der Waals surface area contributed by atoms with Crippen LogP contribution in [0.4, 0.5) is 0 Å². The highest BCUT2D eigenvalue weighted by atomic mass is 16.5. The van der Waals surface area contributed by atoms with Crippen molar-refractivity contribution in [2.24, 2.45) is 5.10 Å². The van der Waals surface area contributed by atoms with Crippen LogP contribution in [0, 0.1) is 0 Å². The van der Waals surface area contributed by atoms with Crippen molar-refractivity contribution in [2.75, 3.05) is 20.2 Å². The van der Waals surface area contributed by atoms with Gasteiger partial charge in [-0.3, -0.25) is 4.79 Å². The largest absolute Gasteiger partial charge is 0.496 e. The molecule has 2 aromatic rings. The molecule has 1 fully saturated rings. The number of methoxy groups -OCH3 is 1. The molecule has 136 valence electrons. The van der Waals surface area contributed by atoms with Crippen LogP contribution in [0.25, 0.3) is 0 Å². The molecule has 5 nitrogen and oxygen atoms in total. The molecule has 3 rings (SSSR count). The number of carbonyl (C=O) groups is 1. The highest BCUT2D eigenvalue weighted by molar-refractivity contribution is 6.01. The molecule has 0 unspecified atom stereocenters. The molecule has 0 spiro atoms. The van der Waals surface area contributed by atoms with Crippen molar-refractivity contribution in [3.8, 4) is 5.75 Å². The van der Waals surface area contributed by atoms with Gasteiger partial charge in [0.25, 0.3) is 5.91 Å². The Morgan fingerprint density at radius 3 is 2.54 bits per heavy atom. The molecule has 1 aliphatic heterocycles. The zero-order chi connectivity index (χ0) is 18.4. The van der Waals surface area contributed by atoms with E-state index in [9.17, 15) is 4.79 Å². The average molecular weight is 352 g/mol. The summed E-state index contributed by atoms with van der Waals surface area (Å²) in [5.41, 5.74) is 6.18. The normalized spacial score (nSPS) is 15.1. The van der Waals surface area contributed by atoms with Crippen molar-refractivity contribution in [3.63, 3.8) is 0 Å². The molecule has 26 heavy (non-hydrogen) atoms. The first kappa shape index (κ1) is 18.1. The minimum atomic E-state index is -0.208. The van der Waals surface area contributed by atoms with Gasteiger partial charge < -0.3 is 9.64 Å². The van der Waals surface area contributed by atoms with Crippen LogP contribution in [0.2, 0.25) is 0 Å². The maximum atomic E-state index is 12.1. The minimum Gasteiger partial charge on any atom is -0.496 e. The first-order valence-electron chi connectivity index (χ1n) is 9.08. The van der Waals surface area contributed by atoms with E-state index in [-0.39, 0.29) is 5.91 Å². The van der Waals surface area contributed by atoms with E-state index in [2.05, 4.69) is 16.6 Å². The molecule has 1 saturated heterocycles. The molecular formula is C21H26N3O2+. The lowest BCUT2D eigenvalue weighted by molar-refractivity contribution is -0.901. The van der Waals surface area contributed by atoms with Gasteiger partial charge in [0.15, 0.2) is 0 Å². The Balaban J connectivity index is 1.73. The molecule has 0 atom stereocenters. The van der Waals surface area contributed by atoms with Crippen molar-refractivity contribution in [1.82, 2.24) is 5.43 Å². The van der Waals surface area contributed by atoms with Gasteiger partial charge in [-0.05, 0) is 42.8 Å². The maximum Gasteiger partial charge on any atom is 0.271 e. The van der Waals surface area contributed by atoms with Gasteiger partial charge in [-0.2, -0.15) is 5.10 Å². The summed E-state index contributed by atoms with van der Waals surface area (Å²) in [6, 6.07) is 15.2. The third-order valence-electron chi connectivity index (χ3n) is 4.81. The quantitative estimate of drug-likeness (QED) is 0.617. The number of likely N-dealkylation sites (tertiary alicyclic amines) is 1. The fourth-order valence-corrected chi connectivity index (χ4v) is 3.32. The number of quaternary nitrogens is 1. The van der Waals surface area contributed by atoms with E-state index in [4.69, 9.17) is 4.74 Å². The van der Waals surface area contributed by atoms with Crippen molar-refractivity contribution in [3.05, 3.63) is 65.2 Å². The van der Waals surface area contributed by atoms with Crippen LogP contribution in [0.3, 0.4) is 0 Å². The van der Waals surface area contributed by atoms with Crippen LogP contribution < -0.4 is 15.1 Å². The van der Waals surface area contributed by atoms with E-state index in [1.165, 1.54) is 31.5 Å². The van der Waals surface area contributed by atoms with Gasteiger partial charge >= 0.3 is 0 Å². The standard InChI is InChI=1S/C21H25N3O2/c1-16(22-23-21(25)17-8-4-3-5-9-17)18-10-11-20(26-2)19(14-18)15-24-12-6-7-13-24/h3-5,8-11,14H,6-7,12-13,15H2,1-2H3,(H,23,25)/p+1/b22-16-. The number of nitrogens with one attached hydrogen (secondary N) is 2. The van der Waals surface area contributed by atoms with E-state index in [0.717, 1.165) is 23.6 Å². The Morgan fingerprint density at radius 2 is 1.85 bits per heavy atom. The first-order valence-corrected chi connectivity index (χ1v) is 9.08. The Labute approximate surface area is 154 Å². The smallest absolute Gasteiger partial charge is 0.271 e. The topological polar surface area (TPSA) is 55.1 Å². The zero-order valence-corrected chi connectivity index (χ0v) is 15.4. The molecule has 2 N–H and O–H groups in total. The number of ether oxygens (including phenoxy) is 1. The summed E-state index contributed by atoms with van der Waals surface area (Å²) in [6.07, 6.45) is 2.59. The van der Waals surface area contributed by atoms with Crippen LogP contribution in [0.5, 0.6) is 5.75 Å². The van der Waals surface area contributed by atoms with E-state index in [1.807, 2.05) is 37.3 Å². The summed E-state index contributed by atoms with van der Waals surface area (Å²) >= 11 is 0. The second-order valence-corrected chi connectivity index (χ2v) is 6.66. The molecule has 1 amide bonds. The fraction of sp³-hybridized carbons (Fsp3) is 0.333. The Kier molecular flexibility index (Phi) is 6.02. The predicted octanol–water partition coefficient (Wildman–Crippen LogP) is 2.03. The SMILES string of the molecule is COc1ccc(/C(C)=N\NC(=O)c2ccccc2)cc1C[NH+]1CCCC1. The number of rotatable bonds is 6. The van der Waals surface area contributed by atoms with Crippen molar-refractivity contribution >= 4 is 11.6 Å². The second-order valence-electron chi connectivity index (χ2n) is 6.66. The van der Waals surface area contributed by atoms with Gasteiger partial charge in [0.1, 0.15) is 12.3 Å². The molecule has 1 aliphatic rings. The number of nitrogens with zero attached hydrogens (tertiary/aromatic N) is 1. The number of hydrogen-bond acceptors (Lipinski definition) is 3. The lowest BCUT2D eigenvalue weighted by Crippen LogP contribution is -3.08. The third-order valence-corrected chi connectivity index (χ3v) is 4.81. The van der Waals surface area contributed by atoms with Crippen LogP contribution in [-0.4, -0.2) is 31.8 Å². The monoisotopic (exact) mass is 352 g/mol. The van der Waals surface area contributed by atoms with Crippen molar-refractivity contribution in [2.45, 2.75) is 26.3 Å². The number of benzene rings is 2. The predicted molar refractivity (Wildman–Crippen MR) is 103 cm³/mol. The van der Waals surface area contributed by atoms with Gasteiger partial charge in [0.2, 0.25) is 0 Å². The molecule has 0 aromatic heterocycles. The first-order chi connectivity index (χ1) is 12.7. The summed E-state index contributed by atoms with van der Waals surface area (Å²) in [5.74, 6) is 0.703. The second kappa shape index (κ2) is 8.63. The highest BCUT2D eigenvalue weighted by Crippen LogP contribution is 2.20. The van der Waals surface area contributed by atoms with Gasteiger partial charge in [-0.25, -0.2) is 5.43 Å². The van der Waals surface area contributed by atoms with Crippen LogP contribution >= 0.6 is 0 Å². The van der Waals surface area contributed by atoms with E-state index in [1.54, 1.807) is 24.1 Å². The molecule has 0 aliphatic carbocycles. The number of amides is 1. The number of hydrazone groups is 1. The van der Waals surface area contributed by atoms with Crippen molar-refractivity contribution in [1.29, 1.82) is 0 Å². The maximum absolute atomic E-state index is 12.1. The Hall–Kier alpha value is -2.66.